The second kappa shape index (κ2) is 13.7. The molecule has 4 aromatic rings. The second-order valence-electron chi connectivity index (χ2n) is 9.41. The van der Waals surface area contributed by atoms with E-state index in [-0.39, 0.29) is 36.6 Å². The first-order valence-electron chi connectivity index (χ1n) is 13.0. The number of amides is 2. The fraction of sp³-hybridized carbons (Fsp3) is 0.267. The molecular formula is C30H31N5O7S. The first-order valence-corrected chi connectivity index (χ1v) is 13.8. The highest BCUT2D eigenvalue weighted by molar-refractivity contribution is 7.17. The van der Waals surface area contributed by atoms with E-state index in [9.17, 15) is 14.4 Å². The Bertz CT molecular complexity index is 1600. The lowest BCUT2D eigenvalue weighted by Crippen LogP contribution is -2.42. The molecule has 5 rings (SSSR count). The van der Waals surface area contributed by atoms with Gasteiger partial charge >= 0.3 is 5.97 Å². The van der Waals surface area contributed by atoms with Crippen molar-refractivity contribution in [1.29, 1.82) is 0 Å². The van der Waals surface area contributed by atoms with Gasteiger partial charge in [0.15, 0.2) is 5.13 Å². The van der Waals surface area contributed by atoms with Gasteiger partial charge in [0, 0.05) is 24.7 Å². The molecule has 13 heteroatoms. The maximum Gasteiger partial charge on any atom is 0.337 e. The summed E-state index contributed by atoms with van der Waals surface area (Å²) in [5.41, 5.74) is 0.836. The van der Waals surface area contributed by atoms with E-state index >= 15 is 0 Å². The summed E-state index contributed by atoms with van der Waals surface area (Å²) in [7, 11) is 1.30. The number of hydrogen-bond donors (Lipinski definition) is 1. The molecule has 0 aliphatic carbocycles. The molecule has 1 aliphatic heterocycles. The number of likely N-dealkylation sites (tertiary alicyclic amines) is 1. The molecule has 0 atom stereocenters. The van der Waals surface area contributed by atoms with Crippen LogP contribution in [0.3, 0.4) is 0 Å². The molecule has 1 N–H and O–H groups in total. The number of benzene rings is 2. The predicted octanol–water partition coefficient (Wildman–Crippen LogP) is 5.83. The Hall–Kier alpha value is -5.04. The van der Waals surface area contributed by atoms with E-state index < -0.39 is 11.9 Å². The Labute approximate surface area is 252 Å². The molecule has 3 heterocycles. The van der Waals surface area contributed by atoms with Gasteiger partial charge in [-0.25, -0.2) is 19.7 Å². The van der Waals surface area contributed by atoms with E-state index in [1.54, 1.807) is 41.3 Å². The minimum Gasteiger partial charge on any atom is -0.491 e. The SMILES string of the molecule is C.COC(=O)c1cccc(Oc2cnc(NC(=O)c3cc(Oc4cnc(C(=O)N5CCC5)cn4)cc(OC(C)C)c3)s2)c1. The Morgan fingerprint density at radius 1 is 0.907 bits per heavy atom. The van der Waals surface area contributed by atoms with Gasteiger partial charge in [-0.3, -0.25) is 14.9 Å². The van der Waals surface area contributed by atoms with Gasteiger partial charge < -0.3 is 23.8 Å². The molecule has 2 aromatic carbocycles. The van der Waals surface area contributed by atoms with E-state index in [1.807, 2.05) is 13.8 Å². The highest BCUT2D eigenvalue weighted by Gasteiger charge is 2.23. The smallest absolute Gasteiger partial charge is 0.337 e. The second-order valence-corrected chi connectivity index (χ2v) is 10.4. The first-order chi connectivity index (χ1) is 20.3. The van der Waals surface area contributed by atoms with Crippen molar-refractivity contribution in [2.45, 2.75) is 33.8 Å². The van der Waals surface area contributed by atoms with Crippen LogP contribution >= 0.6 is 11.3 Å². The quantitative estimate of drug-likeness (QED) is 0.220. The summed E-state index contributed by atoms with van der Waals surface area (Å²) in [6, 6.07) is 11.3. The van der Waals surface area contributed by atoms with Crippen molar-refractivity contribution in [1.82, 2.24) is 19.9 Å². The zero-order chi connectivity index (χ0) is 29.6. The van der Waals surface area contributed by atoms with E-state index in [1.165, 1.54) is 31.8 Å². The molecule has 2 aromatic heterocycles. The molecule has 0 radical (unpaired) electrons. The van der Waals surface area contributed by atoms with Gasteiger partial charge in [0.25, 0.3) is 11.8 Å². The normalized spacial score (nSPS) is 12.0. The summed E-state index contributed by atoms with van der Waals surface area (Å²) in [5, 5.41) is 3.45. The molecule has 43 heavy (non-hydrogen) atoms. The average molecular weight is 606 g/mol. The van der Waals surface area contributed by atoms with Crippen molar-refractivity contribution in [2.75, 3.05) is 25.5 Å². The van der Waals surface area contributed by atoms with Crippen molar-refractivity contribution in [3.63, 3.8) is 0 Å². The van der Waals surface area contributed by atoms with Crippen LogP contribution < -0.4 is 19.5 Å². The lowest BCUT2D eigenvalue weighted by atomic mass is 10.2. The highest BCUT2D eigenvalue weighted by atomic mass is 32.1. The van der Waals surface area contributed by atoms with E-state index in [4.69, 9.17) is 18.9 Å². The van der Waals surface area contributed by atoms with Crippen molar-refractivity contribution >= 4 is 34.3 Å². The van der Waals surface area contributed by atoms with Crippen LogP contribution in [0.4, 0.5) is 5.13 Å². The third kappa shape index (κ3) is 7.83. The van der Waals surface area contributed by atoms with Crippen LogP contribution in [0.2, 0.25) is 0 Å². The molecule has 0 spiro atoms. The van der Waals surface area contributed by atoms with Gasteiger partial charge in [-0.15, -0.1) is 0 Å². The van der Waals surface area contributed by atoms with Gasteiger partial charge in [0.1, 0.15) is 22.9 Å². The number of esters is 1. The molecule has 1 saturated heterocycles. The lowest BCUT2D eigenvalue weighted by Gasteiger charge is -2.30. The Morgan fingerprint density at radius 3 is 2.35 bits per heavy atom. The van der Waals surface area contributed by atoms with Crippen LogP contribution in [0.15, 0.2) is 61.1 Å². The van der Waals surface area contributed by atoms with E-state index in [2.05, 4.69) is 20.3 Å². The molecule has 0 bridgehead atoms. The number of carbonyl (C=O) groups excluding carboxylic acids is 3. The number of methoxy groups -OCH3 is 1. The monoisotopic (exact) mass is 605 g/mol. The summed E-state index contributed by atoms with van der Waals surface area (Å²) in [5.74, 6) is 0.177. The number of nitrogens with zero attached hydrogens (tertiary/aromatic N) is 4. The van der Waals surface area contributed by atoms with E-state index in [0.717, 1.165) is 17.8 Å². The van der Waals surface area contributed by atoms with Gasteiger partial charge in [-0.2, -0.15) is 0 Å². The average Bonchev–Trinajstić information content (AvgIpc) is 3.38. The van der Waals surface area contributed by atoms with Crippen molar-refractivity contribution < 1.29 is 33.3 Å². The third-order valence-electron chi connectivity index (χ3n) is 5.91. The largest absolute Gasteiger partial charge is 0.491 e. The number of carbonyl (C=O) groups is 3. The van der Waals surface area contributed by atoms with Crippen LogP contribution in [-0.4, -0.2) is 63.9 Å². The Morgan fingerprint density at radius 2 is 1.67 bits per heavy atom. The third-order valence-corrected chi connectivity index (χ3v) is 6.70. The number of nitrogens with one attached hydrogen (secondary N) is 1. The van der Waals surface area contributed by atoms with Crippen molar-refractivity contribution in [3.05, 3.63) is 77.9 Å². The first kappa shape index (κ1) is 30.9. The number of hydrogen-bond acceptors (Lipinski definition) is 11. The molecule has 12 nitrogen and oxygen atoms in total. The van der Waals surface area contributed by atoms with Crippen LogP contribution in [-0.2, 0) is 4.74 Å². The molecule has 0 unspecified atom stereocenters. The van der Waals surface area contributed by atoms with Crippen LogP contribution in [0.5, 0.6) is 28.2 Å². The molecular weight excluding hydrogens is 574 g/mol. The highest BCUT2D eigenvalue weighted by Crippen LogP contribution is 2.32. The summed E-state index contributed by atoms with van der Waals surface area (Å²) < 4.78 is 22.2. The van der Waals surface area contributed by atoms with Crippen molar-refractivity contribution in [2.24, 2.45) is 0 Å². The maximum absolute atomic E-state index is 13.2. The molecule has 2 amide bonds. The summed E-state index contributed by atoms with van der Waals surface area (Å²) in [4.78, 5) is 51.6. The van der Waals surface area contributed by atoms with Gasteiger partial charge in [0.05, 0.1) is 37.4 Å². The fourth-order valence-electron chi connectivity index (χ4n) is 3.84. The van der Waals surface area contributed by atoms with Gasteiger partial charge in [-0.05, 0) is 50.6 Å². The topological polar surface area (TPSA) is 142 Å². The molecule has 0 saturated carbocycles. The van der Waals surface area contributed by atoms with Crippen LogP contribution in [0.1, 0.15) is 58.9 Å². The number of anilines is 1. The molecule has 1 fully saturated rings. The number of rotatable bonds is 10. The fourth-order valence-corrected chi connectivity index (χ4v) is 4.52. The number of thiazole rings is 1. The van der Waals surface area contributed by atoms with Crippen LogP contribution in [0.25, 0.3) is 0 Å². The van der Waals surface area contributed by atoms with E-state index in [0.29, 0.717) is 46.1 Å². The standard InChI is InChI=1S/C29H27N5O7S.CH4/c1-17(2)39-21-11-19(12-22(13-21)40-24-15-30-23(14-31-24)27(36)34-8-5-9-34)26(35)33-29-32-16-25(42-29)41-20-7-4-6-18(10-20)28(37)38-3;/h4,6-7,10-17H,5,8-9H2,1-3H3,(H,32,33,35);1H4. The minimum atomic E-state index is -0.481. The Balaban J connectivity index is 0.00000423. The maximum atomic E-state index is 13.2. The van der Waals surface area contributed by atoms with Crippen LogP contribution in [0, 0.1) is 0 Å². The zero-order valence-corrected chi connectivity index (χ0v) is 23.8. The van der Waals surface area contributed by atoms with Gasteiger partial charge in [0.2, 0.25) is 10.9 Å². The Kier molecular flexibility index (Phi) is 9.88. The number of ether oxygens (including phenoxy) is 4. The van der Waals surface area contributed by atoms with Gasteiger partial charge in [-0.1, -0.05) is 24.8 Å². The summed E-state index contributed by atoms with van der Waals surface area (Å²) >= 11 is 1.11. The minimum absolute atomic E-state index is 0. The number of aromatic nitrogens is 3. The molecule has 1 aliphatic rings. The zero-order valence-electron chi connectivity index (χ0n) is 23.0. The molecule has 224 valence electrons. The predicted molar refractivity (Wildman–Crippen MR) is 159 cm³/mol. The summed E-state index contributed by atoms with van der Waals surface area (Å²) in [6.45, 7) is 5.16. The van der Waals surface area contributed by atoms with Crippen molar-refractivity contribution in [3.8, 4) is 28.2 Å². The summed E-state index contributed by atoms with van der Waals surface area (Å²) in [6.07, 6.45) is 5.02. The lowest BCUT2D eigenvalue weighted by molar-refractivity contribution is 0.0599.